The van der Waals surface area contributed by atoms with Crippen molar-refractivity contribution in [2.45, 2.75) is 59.5 Å². The number of nitrogens with one attached hydrogen (secondary N) is 1. The first-order valence-electron chi connectivity index (χ1n) is 7.96. The Bertz CT molecular complexity index is 577. The molecule has 1 amide bonds. The van der Waals surface area contributed by atoms with E-state index in [4.69, 9.17) is 0 Å². The highest BCUT2D eigenvalue weighted by atomic mass is 79.9. The lowest BCUT2D eigenvalue weighted by atomic mass is 9.69. The van der Waals surface area contributed by atoms with Gasteiger partial charge in [0.15, 0.2) is 0 Å². The first kappa shape index (κ1) is 15.1. The van der Waals surface area contributed by atoms with E-state index in [1.807, 2.05) is 16.8 Å². The number of aromatic nitrogens is 1. The van der Waals surface area contributed by atoms with Crippen molar-refractivity contribution in [3.8, 4) is 0 Å². The zero-order chi connectivity index (χ0) is 15.4. The summed E-state index contributed by atoms with van der Waals surface area (Å²) in [5.41, 5.74) is 1.32. The molecule has 2 bridgehead atoms. The van der Waals surface area contributed by atoms with Crippen molar-refractivity contribution in [1.29, 1.82) is 0 Å². The van der Waals surface area contributed by atoms with E-state index >= 15 is 0 Å². The fraction of sp³-hybridized carbons (Fsp3) is 0.706. The van der Waals surface area contributed by atoms with E-state index in [0.717, 1.165) is 29.1 Å². The fourth-order valence-corrected chi connectivity index (χ4v) is 5.04. The van der Waals surface area contributed by atoms with Gasteiger partial charge in [0, 0.05) is 23.3 Å². The minimum absolute atomic E-state index is 0.0668. The maximum atomic E-state index is 12.7. The van der Waals surface area contributed by atoms with Gasteiger partial charge >= 0.3 is 0 Å². The summed E-state index contributed by atoms with van der Waals surface area (Å²) in [6, 6.07) is 2.22. The van der Waals surface area contributed by atoms with Gasteiger partial charge in [-0.15, -0.1) is 0 Å². The summed E-state index contributed by atoms with van der Waals surface area (Å²) < 4.78 is 2.97. The molecule has 0 aromatic carbocycles. The number of nitrogens with zero attached hydrogens (tertiary/aromatic N) is 1. The zero-order valence-electron chi connectivity index (χ0n) is 13.4. The van der Waals surface area contributed by atoms with E-state index in [2.05, 4.69) is 48.9 Å². The summed E-state index contributed by atoms with van der Waals surface area (Å²) in [5, 5.41) is 3.33. The first-order valence-corrected chi connectivity index (χ1v) is 8.75. The van der Waals surface area contributed by atoms with Crippen LogP contribution in [0, 0.1) is 16.7 Å². The van der Waals surface area contributed by atoms with Gasteiger partial charge in [-0.25, -0.2) is 0 Å². The Hall–Kier alpha value is -0.770. The lowest BCUT2D eigenvalue weighted by Crippen LogP contribution is -2.47. The summed E-state index contributed by atoms with van der Waals surface area (Å²) in [4.78, 5) is 12.7. The van der Waals surface area contributed by atoms with E-state index in [0.29, 0.717) is 11.5 Å². The number of aryl methyl sites for hydroxylation is 1. The van der Waals surface area contributed by atoms with E-state index in [-0.39, 0.29) is 11.3 Å². The quantitative estimate of drug-likeness (QED) is 0.868. The van der Waals surface area contributed by atoms with Crippen LogP contribution in [0.1, 0.15) is 57.4 Å². The van der Waals surface area contributed by atoms with Gasteiger partial charge in [-0.2, -0.15) is 0 Å². The lowest BCUT2D eigenvalue weighted by Gasteiger charge is -2.39. The predicted octanol–water partition coefficient (Wildman–Crippen LogP) is 4.22. The molecule has 4 heteroatoms. The highest BCUT2D eigenvalue weighted by Gasteiger charge is 2.61. The molecular weight excluding hydrogens is 328 g/mol. The number of hydrogen-bond donors (Lipinski definition) is 1. The summed E-state index contributed by atoms with van der Waals surface area (Å²) >= 11 is 3.47. The zero-order valence-corrected chi connectivity index (χ0v) is 15.0. The van der Waals surface area contributed by atoms with Crippen LogP contribution < -0.4 is 5.32 Å². The van der Waals surface area contributed by atoms with Gasteiger partial charge in [-0.1, -0.05) is 20.8 Å². The normalized spacial score (nSPS) is 33.4. The second-order valence-corrected chi connectivity index (χ2v) is 8.38. The molecule has 1 aromatic heterocycles. The lowest BCUT2D eigenvalue weighted by molar-refractivity contribution is 0.0818. The molecule has 1 N–H and O–H groups in total. The van der Waals surface area contributed by atoms with Crippen LogP contribution in [-0.4, -0.2) is 16.5 Å². The highest BCUT2D eigenvalue weighted by molar-refractivity contribution is 9.10. The monoisotopic (exact) mass is 352 g/mol. The number of carbonyl (C=O) groups excluding carboxylic acids is 1. The minimum atomic E-state index is 0.0668. The third-order valence-electron chi connectivity index (χ3n) is 6.54. The minimum Gasteiger partial charge on any atom is -0.347 e. The summed E-state index contributed by atoms with van der Waals surface area (Å²) in [6.07, 6.45) is 5.64. The molecule has 1 aromatic rings. The third-order valence-corrected chi connectivity index (χ3v) is 6.97. The van der Waals surface area contributed by atoms with Crippen LogP contribution in [0.3, 0.4) is 0 Å². The highest BCUT2D eigenvalue weighted by Crippen LogP contribution is 2.65. The van der Waals surface area contributed by atoms with Crippen molar-refractivity contribution in [1.82, 2.24) is 9.88 Å². The van der Waals surface area contributed by atoms with Crippen LogP contribution in [0.4, 0.5) is 0 Å². The van der Waals surface area contributed by atoms with Crippen molar-refractivity contribution in [3.63, 3.8) is 0 Å². The molecule has 21 heavy (non-hydrogen) atoms. The number of fused-ring (bicyclic) bond motifs is 2. The predicted molar refractivity (Wildman–Crippen MR) is 88.3 cm³/mol. The van der Waals surface area contributed by atoms with Gasteiger partial charge < -0.3 is 9.88 Å². The number of halogens is 1. The maximum Gasteiger partial charge on any atom is 0.268 e. The molecule has 3 rings (SSSR count). The van der Waals surface area contributed by atoms with Gasteiger partial charge in [0.25, 0.3) is 5.91 Å². The molecule has 2 fully saturated rings. The Balaban J connectivity index is 1.80. The number of rotatable bonds is 3. The Morgan fingerprint density at radius 2 is 2.19 bits per heavy atom. The molecule has 1 heterocycles. The van der Waals surface area contributed by atoms with Gasteiger partial charge in [-0.05, 0) is 64.9 Å². The van der Waals surface area contributed by atoms with E-state index in [1.54, 1.807) is 0 Å². The van der Waals surface area contributed by atoms with Crippen molar-refractivity contribution >= 4 is 21.8 Å². The Labute approximate surface area is 135 Å². The molecule has 2 aliphatic rings. The molecule has 2 aliphatic carbocycles. The molecule has 3 nitrogen and oxygen atoms in total. The van der Waals surface area contributed by atoms with Gasteiger partial charge in [0.2, 0.25) is 0 Å². The molecular formula is C17H25BrN2O. The number of amides is 1. The van der Waals surface area contributed by atoms with E-state index < -0.39 is 0 Å². The van der Waals surface area contributed by atoms with Crippen molar-refractivity contribution < 1.29 is 4.79 Å². The van der Waals surface area contributed by atoms with Crippen molar-refractivity contribution in [2.24, 2.45) is 16.7 Å². The average Bonchev–Trinajstić information content (AvgIpc) is 2.96. The molecule has 3 unspecified atom stereocenters. The summed E-state index contributed by atoms with van der Waals surface area (Å²) in [6.45, 7) is 9.99. The maximum absolute atomic E-state index is 12.7. The Kier molecular flexibility index (Phi) is 3.51. The van der Waals surface area contributed by atoms with Crippen LogP contribution in [0.2, 0.25) is 0 Å². The van der Waals surface area contributed by atoms with Gasteiger partial charge in [-0.3, -0.25) is 4.79 Å². The van der Waals surface area contributed by atoms with Crippen LogP contribution in [-0.2, 0) is 6.54 Å². The molecule has 0 spiro atoms. The first-order chi connectivity index (χ1) is 9.79. The molecule has 0 saturated heterocycles. The topological polar surface area (TPSA) is 34.0 Å². The van der Waals surface area contributed by atoms with Crippen LogP contribution >= 0.6 is 15.9 Å². The SMILES string of the molecule is CCn1cc(Br)cc1C(=O)NC1CC2CCC1(C)C2(C)C. The average molecular weight is 353 g/mol. The van der Waals surface area contributed by atoms with Crippen molar-refractivity contribution in [3.05, 3.63) is 22.4 Å². The van der Waals surface area contributed by atoms with Crippen LogP contribution in [0.15, 0.2) is 16.7 Å². The van der Waals surface area contributed by atoms with Crippen molar-refractivity contribution in [2.75, 3.05) is 0 Å². The molecule has 0 radical (unpaired) electrons. The number of hydrogen-bond acceptors (Lipinski definition) is 1. The Morgan fingerprint density at radius 3 is 2.71 bits per heavy atom. The largest absolute Gasteiger partial charge is 0.347 e. The number of carbonyl (C=O) groups is 1. The third kappa shape index (κ3) is 2.09. The van der Waals surface area contributed by atoms with Gasteiger partial charge in [0.05, 0.1) is 0 Å². The van der Waals surface area contributed by atoms with E-state index in [1.165, 1.54) is 12.8 Å². The summed E-state index contributed by atoms with van der Waals surface area (Å²) in [7, 11) is 0. The standard InChI is InChI=1S/C17H25BrN2O/c1-5-20-10-12(18)9-13(20)15(21)19-14-8-11-6-7-17(14,4)16(11,2)3/h9-11,14H,5-8H2,1-4H3,(H,19,21). The molecule has 0 aliphatic heterocycles. The smallest absolute Gasteiger partial charge is 0.268 e. The fourth-order valence-electron chi connectivity index (χ4n) is 4.58. The molecule has 116 valence electrons. The van der Waals surface area contributed by atoms with Crippen LogP contribution in [0.25, 0.3) is 0 Å². The van der Waals surface area contributed by atoms with Gasteiger partial charge in [0.1, 0.15) is 5.69 Å². The van der Waals surface area contributed by atoms with E-state index in [9.17, 15) is 4.79 Å². The summed E-state index contributed by atoms with van der Waals surface area (Å²) in [5.74, 6) is 0.814. The second kappa shape index (κ2) is 4.87. The van der Waals surface area contributed by atoms with Crippen LogP contribution in [0.5, 0.6) is 0 Å². The second-order valence-electron chi connectivity index (χ2n) is 7.47. The Morgan fingerprint density at radius 1 is 1.48 bits per heavy atom. The molecule has 2 saturated carbocycles. The molecule has 3 atom stereocenters.